The third kappa shape index (κ3) is 3.28. The number of pyridine rings is 1. The number of nitrogens with zero attached hydrogens (tertiary/aromatic N) is 3. The molecule has 158 valence electrons. The van der Waals surface area contributed by atoms with Crippen LogP contribution in [0.4, 0.5) is 0 Å². The van der Waals surface area contributed by atoms with Crippen LogP contribution in [0.1, 0.15) is 51.0 Å². The molecule has 1 N–H and O–H groups in total. The van der Waals surface area contributed by atoms with Crippen LogP contribution in [0.25, 0.3) is 22.3 Å². The molecule has 0 aliphatic carbocycles. The highest BCUT2D eigenvalue weighted by molar-refractivity contribution is 5.96. The number of rotatable bonds is 4. The maximum absolute atomic E-state index is 12.6. The van der Waals surface area contributed by atoms with Gasteiger partial charge in [0.05, 0.1) is 30.6 Å². The van der Waals surface area contributed by atoms with Gasteiger partial charge in [-0.3, -0.25) is 9.48 Å². The normalized spacial score (nSPS) is 15.9. The lowest BCUT2D eigenvalue weighted by atomic mass is 9.85. The summed E-state index contributed by atoms with van der Waals surface area (Å²) < 4.78 is 9.85. The Morgan fingerprint density at radius 2 is 2.07 bits per heavy atom. The van der Waals surface area contributed by atoms with Crippen LogP contribution in [0.2, 0.25) is 0 Å². The van der Waals surface area contributed by atoms with Crippen LogP contribution >= 0.6 is 0 Å². The largest absolute Gasteiger partial charge is 0.491 e. The van der Waals surface area contributed by atoms with Crippen molar-refractivity contribution in [3.63, 3.8) is 0 Å². The number of aromatic carboxylic acids is 1. The first-order chi connectivity index (χ1) is 14.1. The molecular weight excluding hydrogens is 382 g/mol. The minimum absolute atomic E-state index is 0.0620. The highest BCUT2D eigenvalue weighted by Gasteiger charge is 2.35. The number of carboxylic acids is 1. The molecule has 1 atom stereocenters. The Hall–Kier alpha value is -3.09. The van der Waals surface area contributed by atoms with Crippen molar-refractivity contribution in [1.29, 1.82) is 0 Å². The number of carbonyl (C=O) groups is 1. The molecule has 3 aromatic rings. The maximum atomic E-state index is 12.6. The zero-order valence-corrected chi connectivity index (χ0v) is 18.0. The fourth-order valence-corrected chi connectivity index (χ4v) is 4.00. The van der Waals surface area contributed by atoms with Crippen LogP contribution < -0.4 is 10.2 Å². The third-order valence-electron chi connectivity index (χ3n) is 5.54. The van der Waals surface area contributed by atoms with Crippen molar-refractivity contribution < 1.29 is 14.6 Å². The molecule has 0 saturated heterocycles. The molecule has 7 nitrogen and oxygen atoms in total. The first kappa shape index (κ1) is 20.2. The molecule has 2 aromatic heterocycles. The van der Waals surface area contributed by atoms with Gasteiger partial charge >= 0.3 is 5.97 Å². The van der Waals surface area contributed by atoms with E-state index < -0.39 is 11.4 Å². The molecule has 1 unspecified atom stereocenters. The van der Waals surface area contributed by atoms with E-state index in [4.69, 9.17) is 9.84 Å². The third-order valence-corrected chi connectivity index (χ3v) is 5.54. The van der Waals surface area contributed by atoms with Crippen LogP contribution in [0.15, 0.2) is 35.3 Å². The van der Waals surface area contributed by atoms with E-state index in [1.54, 1.807) is 0 Å². The van der Waals surface area contributed by atoms with Crippen molar-refractivity contribution in [2.75, 3.05) is 6.61 Å². The van der Waals surface area contributed by atoms with Gasteiger partial charge in [-0.15, -0.1) is 0 Å². The maximum Gasteiger partial charge on any atom is 0.341 e. The molecule has 1 aromatic carbocycles. The van der Waals surface area contributed by atoms with Gasteiger partial charge < -0.3 is 14.4 Å². The Bertz CT molecular complexity index is 1200. The second-order valence-corrected chi connectivity index (χ2v) is 9.42. The average molecular weight is 409 g/mol. The molecule has 0 bridgehead atoms. The molecular formula is C23H27N3O4. The van der Waals surface area contributed by atoms with Crippen LogP contribution in [0.3, 0.4) is 0 Å². The van der Waals surface area contributed by atoms with E-state index in [0.717, 1.165) is 16.6 Å². The number of aromatic nitrogens is 3. The second kappa shape index (κ2) is 7.00. The molecule has 1 aliphatic heterocycles. The van der Waals surface area contributed by atoms with Gasteiger partial charge in [0.15, 0.2) is 5.43 Å². The quantitative estimate of drug-likeness (QED) is 0.698. The Balaban J connectivity index is 1.98. The molecule has 0 spiro atoms. The first-order valence-corrected chi connectivity index (χ1v) is 10.2. The van der Waals surface area contributed by atoms with Crippen molar-refractivity contribution in [1.82, 2.24) is 14.3 Å². The monoisotopic (exact) mass is 409 g/mol. The molecule has 3 heterocycles. The zero-order chi connectivity index (χ0) is 21.8. The van der Waals surface area contributed by atoms with Crippen LogP contribution in [-0.4, -0.2) is 32.0 Å². The molecule has 7 heteroatoms. The van der Waals surface area contributed by atoms with Gasteiger partial charge in [0.2, 0.25) is 0 Å². The summed E-state index contributed by atoms with van der Waals surface area (Å²) in [6, 6.07) is 7.16. The number of ether oxygens (including phenoxy) is 1. The highest BCUT2D eigenvalue weighted by atomic mass is 16.5. The van der Waals surface area contributed by atoms with E-state index in [9.17, 15) is 14.7 Å². The Morgan fingerprint density at radius 1 is 1.33 bits per heavy atom. The minimum atomic E-state index is -1.21. The van der Waals surface area contributed by atoms with Crippen LogP contribution in [0, 0.1) is 11.3 Å². The molecule has 0 radical (unpaired) electrons. The van der Waals surface area contributed by atoms with Crippen molar-refractivity contribution in [2.24, 2.45) is 11.3 Å². The Labute approximate surface area is 174 Å². The number of hydrogen-bond donors (Lipinski definition) is 1. The van der Waals surface area contributed by atoms with E-state index in [0.29, 0.717) is 30.5 Å². The van der Waals surface area contributed by atoms with Crippen molar-refractivity contribution in [3.8, 4) is 17.1 Å². The molecule has 0 amide bonds. The van der Waals surface area contributed by atoms with Gasteiger partial charge in [-0.1, -0.05) is 46.8 Å². The van der Waals surface area contributed by atoms with Gasteiger partial charge in [0, 0.05) is 17.6 Å². The van der Waals surface area contributed by atoms with Crippen LogP contribution in [-0.2, 0) is 6.54 Å². The van der Waals surface area contributed by atoms with E-state index in [-0.39, 0.29) is 17.0 Å². The predicted octanol–water partition coefficient (Wildman–Crippen LogP) is 4.20. The van der Waals surface area contributed by atoms with Gasteiger partial charge in [0.1, 0.15) is 16.8 Å². The minimum Gasteiger partial charge on any atom is -0.491 e. The van der Waals surface area contributed by atoms with Gasteiger partial charge in [-0.2, -0.15) is 5.10 Å². The number of carboxylic acid groups (broad SMARTS) is 1. The topological polar surface area (TPSA) is 86.3 Å². The summed E-state index contributed by atoms with van der Waals surface area (Å²) in [6.45, 7) is 11.7. The second-order valence-electron chi connectivity index (χ2n) is 9.42. The van der Waals surface area contributed by atoms with E-state index in [1.165, 1.54) is 12.3 Å². The van der Waals surface area contributed by atoms with Crippen molar-refractivity contribution in [2.45, 2.75) is 47.2 Å². The summed E-state index contributed by atoms with van der Waals surface area (Å²) in [5.74, 6) is -0.112. The lowest BCUT2D eigenvalue weighted by Gasteiger charge is -2.38. The van der Waals surface area contributed by atoms with Crippen LogP contribution in [0.5, 0.6) is 5.75 Å². The highest BCUT2D eigenvalue weighted by Crippen LogP contribution is 2.43. The summed E-state index contributed by atoms with van der Waals surface area (Å²) >= 11 is 0. The summed E-state index contributed by atoms with van der Waals surface area (Å²) in [5, 5.41) is 15.2. The summed E-state index contributed by atoms with van der Waals surface area (Å²) in [7, 11) is 0. The fraction of sp³-hybridized carbons (Fsp3) is 0.435. The molecule has 0 saturated carbocycles. The lowest BCUT2D eigenvalue weighted by Crippen LogP contribution is -2.35. The van der Waals surface area contributed by atoms with E-state index in [1.807, 2.05) is 27.4 Å². The molecule has 30 heavy (non-hydrogen) atoms. The summed E-state index contributed by atoms with van der Waals surface area (Å²) in [4.78, 5) is 24.1. The first-order valence-electron chi connectivity index (χ1n) is 10.2. The number of fused-ring (bicyclic) bond motifs is 5. The van der Waals surface area contributed by atoms with Gasteiger partial charge in [0.25, 0.3) is 0 Å². The van der Waals surface area contributed by atoms with E-state index in [2.05, 4.69) is 34.6 Å². The lowest BCUT2D eigenvalue weighted by molar-refractivity contribution is 0.0693. The zero-order valence-electron chi connectivity index (χ0n) is 18.0. The number of hydrogen-bond acceptors (Lipinski definition) is 4. The Kier molecular flexibility index (Phi) is 4.71. The predicted molar refractivity (Wildman–Crippen MR) is 115 cm³/mol. The fourth-order valence-electron chi connectivity index (χ4n) is 4.00. The molecule has 0 fully saturated rings. The summed E-state index contributed by atoms with van der Waals surface area (Å²) in [6.07, 6.45) is 1.48. The van der Waals surface area contributed by atoms with E-state index >= 15 is 0 Å². The average Bonchev–Trinajstić information content (AvgIpc) is 3.03. The smallest absolute Gasteiger partial charge is 0.341 e. The van der Waals surface area contributed by atoms with Gasteiger partial charge in [-0.05, 0) is 17.4 Å². The summed E-state index contributed by atoms with van der Waals surface area (Å²) in [5.41, 5.74) is 1.35. The van der Waals surface area contributed by atoms with Crippen molar-refractivity contribution in [3.05, 3.63) is 46.2 Å². The van der Waals surface area contributed by atoms with Crippen molar-refractivity contribution >= 4 is 16.9 Å². The SMILES string of the molecule is CC(C)COc1cccc2c3n(nc12)CC(C(C)(C)C)n1cc(C(=O)O)c(=O)cc1-3. The molecule has 1 aliphatic rings. The number of benzene rings is 1. The standard InChI is InChI=1S/C23H27N3O4/c1-13(2)12-30-18-8-6-7-14-20(18)24-26-11-19(23(3,4)5)25-10-15(22(28)29)17(27)9-16(25)21(14)26/h6-10,13,19H,11-12H2,1-5H3,(H,28,29). The Morgan fingerprint density at radius 3 is 2.70 bits per heavy atom. The van der Waals surface area contributed by atoms with Gasteiger partial charge in [-0.25, -0.2) is 4.79 Å². The molecule has 4 rings (SSSR count).